The number of carbonyl (C=O) groups is 1. The standard InChI is InChI=1S/C14H12FNO4/c15-10-3-1-2-9(6-10)4-5-16-7-11(14(19)20)13(18)12(17)8-16/h1-3,6-8,17H,4-5H2,(H,19,20). The number of aromatic carboxylic acids is 1. The third-order valence-electron chi connectivity index (χ3n) is 2.84. The number of pyridine rings is 1. The van der Waals surface area contributed by atoms with Crippen molar-refractivity contribution in [3.8, 4) is 5.75 Å². The van der Waals surface area contributed by atoms with Crippen LogP contribution >= 0.6 is 0 Å². The van der Waals surface area contributed by atoms with E-state index in [9.17, 15) is 19.1 Å². The zero-order valence-corrected chi connectivity index (χ0v) is 10.4. The van der Waals surface area contributed by atoms with Gasteiger partial charge in [0, 0.05) is 18.9 Å². The van der Waals surface area contributed by atoms with Crippen LogP contribution in [0.4, 0.5) is 4.39 Å². The summed E-state index contributed by atoms with van der Waals surface area (Å²) in [5, 5.41) is 18.3. The van der Waals surface area contributed by atoms with Crippen LogP contribution in [0.5, 0.6) is 5.75 Å². The molecule has 0 aliphatic heterocycles. The summed E-state index contributed by atoms with van der Waals surface area (Å²) in [6.45, 7) is 0.317. The third kappa shape index (κ3) is 3.03. The van der Waals surface area contributed by atoms with Gasteiger partial charge in [-0.1, -0.05) is 12.1 Å². The average Bonchev–Trinajstić information content (AvgIpc) is 2.39. The Kier molecular flexibility index (Phi) is 3.84. The van der Waals surface area contributed by atoms with E-state index in [-0.39, 0.29) is 5.82 Å². The molecule has 1 heterocycles. The fourth-order valence-electron chi connectivity index (χ4n) is 1.85. The predicted molar refractivity (Wildman–Crippen MR) is 69.4 cm³/mol. The molecule has 0 amide bonds. The fourth-order valence-corrected chi connectivity index (χ4v) is 1.85. The van der Waals surface area contributed by atoms with Crippen molar-refractivity contribution in [1.29, 1.82) is 0 Å². The number of nitrogens with zero attached hydrogens (tertiary/aromatic N) is 1. The second-order valence-electron chi connectivity index (χ2n) is 4.31. The van der Waals surface area contributed by atoms with Gasteiger partial charge in [-0.3, -0.25) is 4.79 Å². The van der Waals surface area contributed by atoms with Gasteiger partial charge in [0.15, 0.2) is 5.75 Å². The number of hydrogen-bond acceptors (Lipinski definition) is 3. The summed E-state index contributed by atoms with van der Waals surface area (Å²) in [6, 6.07) is 6.03. The van der Waals surface area contributed by atoms with E-state index in [0.717, 1.165) is 18.0 Å². The lowest BCUT2D eigenvalue weighted by Gasteiger charge is -2.08. The molecule has 20 heavy (non-hydrogen) atoms. The molecule has 0 saturated heterocycles. The second kappa shape index (κ2) is 5.56. The largest absolute Gasteiger partial charge is 0.503 e. The first-order chi connectivity index (χ1) is 9.47. The van der Waals surface area contributed by atoms with Gasteiger partial charge in [-0.05, 0) is 24.1 Å². The molecule has 0 saturated carbocycles. The van der Waals surface area contributed by atoms with Crippen molar-refractivity contribution in [2.75, 3.05) is 0 Å². The summed E-state index contributed by atoms with van der Waals surface area (Å²) in [7, 11) is 0. The summed E-state index contributed by atoms with van der Waals surface area (Å²) in [6.07, 6.45) is 2.76. The quantitative estimate of drug-likeness (QED) is 0.890. The molecular formula is C14H12FNO4. The predicted octanol–water partition coefficient (Wildman–Crippen LogP) is 1.63. The van der Waals surface area contributed by atoms with Crippen molar-refractivity contribution in [3.05, 3.63) is 63.8 Å². The van der Waals surface area contributed by atoms with E-state index in [4.69, 9.17) is 5.11 Å². The van der Waals surface area contributed by atoms with E-state index in [2.05, 4.69) is 0 Å². The molecule has 1 aromatic heterocycles. The van der Waals surface area contributed by atoms with Crippen LogP contribution in [0.2, 0.25) is 0 Å². The lowest BCUT2D eigenvalue weighted by molar-refractivity contribution is 0.0694. The van der Waals surface area contributed by atoms with E-state index in [0.29, 0.717) is 13.0 Å². The van der Waals surface area contributed by atoms with Crippen LogP contribution in [-0.2, 0) is 13.0 Å². The molecule has 6 heteroatoms. The summed E-state index contributed by atoms with van der Waals surface area (Å²) >= 11 is 0. The lowest BCUT2D eigenvalue weighted by Crippen LogP contribution is -2.17. The monoisotopic (exact) mass is 277 g/mol. The van der Waals surface area contributed by atoms with Gasteiger partial charge in [0.2, 0.25) is 5.43 Å². The Balaban J connectivity index is 2.22. The molecule has 0 unspecified atom stereocenters. The van der Waals surface area contributed by atoms with E-state index in [1.165, 1.54) is 16.7 Å². The van der Waals surface area contributed by atoms with E-state index >= 15 is 0 Å². The van der Waals surface area contributed by atoms with Gasteiger partial charge >= 0.3 is 5.97 Å². The number of carboxylic acids is 1. The van der Waals surface area contributed by atoms with Crippen molar-refractivity contribution in [1.82, 2.24) is 4.57 Å². The Morgan fingerprint density at radius 3 is 2.70 bits per heavy atom. The Morgan fingerprint density at radius 2 is 2.05 bits per heavy atom. The summed E-state index contributed by atoms with van der Waals surface area (Å²) in [5.41, 5.74) is -0.677. The lowest BCUT2D eigenvalue weighted by atomic mass is 10.1. The molecule has 0 fully saturated rings. The molecule has 2 N–H and O–H groups in total. The number of halogens is 1. The van der Waals surface area contributed by atoms with E-state index in [1.807, 2.05) is 0 Å². The first kappa shape index (κ1) is 13.8. The first-order valence-electron chi connectivity index (χ1n) is 5.88. The van der Waals surface area contributed by atoms with Crippen LogP contribution in [0.3, 0.4) is 0 Å². The zero-order valence-electron chi connectivity index (χ0n) is 10.4. The van der Waals surface area contributed by atoms with Gasteiger partial charge in [-0.2, -0.15) is 0 Å². The van der Waals surface area contributed by atoms with Crippen LogP contribution < -0.4 is 5.43 Å². The highest BCUT2D eigenvalue weighted by atomic mass is 19.1. The van der Waals surface area contributed by atoms with Crippen molar-refractivity contribution in [2.24, 2.45) is 0 Å². The Bertz CT molecular complexity index is 709. The fraction of sp³-hybridized carbons (Fsp3) is 0.143. The van der Waals surface area contributed by atoms with E-state index in [1.54, 1.807) is 12.1 Å². The minimum Gasteiger partial charge on any atom is -0.503 e. The topological polar surface area (TPSA) is 79.5 Å². The van der Waals surface area contributed by atoms with E-state index < -0.39 is 22.7 Å². The molecule has 2 rings (SSSR count). The molecule has 0 radical (unpaired) electrons. The van der Waals surface area contributed by atoms with Crippen LogP contribution in [0.25, 0.3) is 0 Å². The van der Waals surface area contributed by atoms with Crippen LogP contribution in [-0.4, -0.2) is 20.7 Å². The van der Waals surface area contributed by atoms with Crippen molar-refractivity contribution >= 4 is 5.97 Å². The van der Waals surface area contributed by atoms with Gasteiger partial charge in [0.25, 0.3) is 0 Å². The second-order valence-corrected chi connectivity index (χ2v) is 4.31. The first-order valence-corrected chi connectivity index (χ1v) is 5.88. The molecule has 104 valence electrons. The highest BCUT2D eigenvalue weighted by molar-refractivity contribution is 5.87. The van der Waals surface area contributed by atoms with Crippen LogP contribution in [0, 0.1) is 5.82 Å². The molecule has 0 aliphatic carbocycles. The maximum Gasteiger partial charge on any atom is 0.341 e. The third-order valence-corrected chi connectivity index (χ3v) is 2.84. The number of carboxylic acid groups (broad SMARTS) is 1. The minimum atomic E-state index is -1.40. The molecule has 0 spiro atoms. The Morgan fingerprint density at radius 1 is 1.30 bits per heavy atom. The minimum absolute atomic E-state index is 0.317. The molecule has 0 bridgehead atoms. The van der Waals surface area contributed by atoms with Gasteiger partial charge in [-0.25, -0.2) is 9.18 Å². The number of benzene rings is 1. The molecule has 1 aromatic carbocycles. The van der Waals surface area contributed by atoms with Gasteiger partial charge in [0.1, 0.15) is 11.4 Å². The van der Waals surface area contributed by atoms with Crippen molar-refractivity contribution in [2.45, 2.75) is 13.0 Å². The number of hydrogen-bond donors (Lipinski definition) is 2. The smallest absolute Gasteiger partial charge is 0.341 e. The number of aromatic nitrogens is 1. The summed E-state index contributed by atoms with van der Waals surface area (Å²) in [4.78, 5) is 22.3. The molecule has 0 aliphatic rings. The zero-order chi connectivity index (χ0) is 14.7. The van der Waals surface area contributed by atoms with Crippen molar-refractivity contribution < 1.29 is 19.4 Å². The number of aromatic hydroxyl groups is 1. The molecular weight excluding hydrogens is 265 g/mol. The van der Waals surface area contributed by atoms with Crippen molar-refractivity contribution in [3.63, 3.8) is 0 Å². The molecule has 0 atom stereocenters. The normalized spacial score (nSPS) is 10.4. The number of aryl methyl sites for hydroxylation is 2. The van der Waals surface area contributed by atoms with Crippen LogP contribution in [0.1, 0.15) is 15.9 Å². The molecule has 5 nitrogen and oxygen atoms in total. The Labute approximate surface area is 113 Å². The SMILES string of the molecule is O=C(O)c1cn(CCc2cccc(F)c2)cc(O)c1=O. The average molecular weight is 277 g/mol. The summed E-state index contributed by atoms with van der Waals surface area (Å²) in [5.74, 6) is -2.37. The Hall–Kier alpha value is -2.63. The van der Waals surface area contributed by atoms with Gasteiger partial charge in [0.05, 0.1) is 0 Å². The maximum atomic E-state index is 13.0. The highest BCUT2D eigenvalue weighted by Crippen LogP contribution is 2.08. The van der Waals surface area contributed by atoms with Gasteiger partial charge < -0.3 is 14.8 Å². The highest BCUT2D eigenvalue weighted by Gasteiger charge is 2.13. The van der Waals surface area contributed by atoms with Gasteiger partial charge in [-0.15, -0.1) is 0 Å². The van der Waals surface area contributed by atoms with Crippen LogP contribution in [0.15, 0.2) is 41.5 Å². The maximum absolute atomic E-state index is 13.0. The summed E-state index contributed by atoms with van der Waals surface area (Å²) < 4.78 is 14.4. The number of rotatable bonds is 4. The molecule has 2 aromatic rings.